The van der Waals surface area contributed by atoms with Gasteiger partial charge in [0.1, 0.15) is 22.1 Å². The van der Waals surface area contributed by atoms with Gasteiger partial charge < -0.3 is 17.7 Å². The summed E-state index contributed by atoms with van der Waals surface area (Å²) in [5, 5.41) is 0. The first-order valence-corrected chi connectivity index (χ1v) is 13.4. The third-order valence-corrected chi connectivity index (χ3v) is 7.24. The number of hydrogen-bond acceptors (Lipinski definition) is 8. The summed E-state index contributed by atoms with van der Waals surface area (Å²) < 4.78 is 24.0. The minimum absolute atomic E-state index is 0.511. The Balaban J connectivity index is 0.995. The number of para-hydroxylation sites is 4. The number of oxazole rings is 4. The van der Waals surface area contributed by atoms with E-state index in [0.29, 0.717) is 45.8 Å². The molecule has 0 atom stereocenters. The summed E-state index contributed by atoms with van der Waals surface area (Å²) in [4.78, 5) is 18.6. The molecule has 0 aliphatic rings. The van der Waals surface area contributed by atoms with Gasteiger partial charge in [0.25, 0.3) is 0 Å². The zero-order valence-corrected chi connectivity index (χ0v) is 21.8. The van der Waals surface area contributed by atoms with E-state index in [1.807, 2.05) is 109 Å². The fourth-order valence-electron chi connectivity index (χ4n) is 5.10. The Morgan fingerprint density at radius 3 is 1.02 bits per heavy atom. The number of benzene rings is 5. The van der Waals surface area contributed by atoms with Crippen LogP contribution in [0.1, 0.15) is 0 Å². The fourth-order valence-corrected chi connectivity index (χ4v) is 5.10. The maximum absolute atomic E-state index is 6.11. The summed E-state index contributed by atoms with van der Waals surface area (Å²) >= 11 is 0. The molecule has 0 amide bonds. The Hall–Kier alpha value is -6.02. The van der Waals surface area contributed by atoms with Crippen molar-refractivity contribution in [2.75, 3.05) is 0 Å². The average molecular weight is 547 g/mol. The van der Waals surface area contributed by atoms with Gasteiger partial charge in [-0.1, -0.05) is 24.3 Å². The number of aromatic nitrogens is 4. The summed E-state index contributed by atoms with van der Waals surface area (Å²) in [5.41, 5.74) is 9.25. The van der Waals surface area contributed by atoms with Crippen LogP contribution in [0.2, 0.25) is 0 Å². The van der Waals surface area contributed by atoms with E-state index in [9.17, 15) is 0 Å². The van der Waals surface area contributed by atoms with Crippen LogP contribution in [-0.4, -0.2) is 19.9 Å². The molecule has 0 N–H and O–H groups in total. The van der Waals surface area contributed by atoms with Crippen LogP contribution in [-0.2, 0) is 0 Å². The van der Waals surface area contributed by atoms with E-state index < -0.39 is 0 Å². The van der Waals surface area contributed by atoms with E-state index >= 15 is 0 Å². The Labute approximate surface area is 236 Å². The van der Waals surface area contributed by atoms with Gasteiger partial charge in [-0.15, -0.1) is 0 Å². The van der Waals surface area contributed by atoms with Crippen LogP contribution in [0.5, 0.6) is 0 Å². The average Bonchev–Trinajstić information content (AvgIpc) is 3.83. The van der Waals surface area contributed by atoms with Gasteiger partial charge in [-0.05, 0) is 78.9 Å². The van der Waals surface area contributed by atoms with Crippen LogP contribution in [0.25, 0.3) is 90.2 Å². The van der Waals surface area contributed by atoms with E-state index in [0.717, 1.165) is 44.5 Å². The van der Waals surface area contributed by atoms with Crippen LogP contribution in [0.4, 0.5) is 0 Å². The molecule has 0 fully saturated rings. The molecular weight excluding hydrogens is 528 g/mol. The van der Waals surface area contributed by atoms with Crippen molar-refractivity contribution >= 4 is 44.4 Å². The monoisotopic (exact) mass is 546 g/mol. The maximum atomic E-state index is 6.11. The number of hydrogen-bond donors (Lipinski definition) is 0. The summed E-state index contributed by atoms with van der Waals surface area (Å²) in [5.74, 6) is 2.17. The van der Waals surface area contributed by atoms with Crippen LogP contribution in [0.3, 0.4) is 0 Å². The van der Waals surface area contributed by atoms with E-state index in [4.69, 9.17) is 27.6 Å². The van der Waals surface area contributed by atoms with Crippen LogP contribution in [0, 0.1) is 0 Å². The zero-order chi connectivity index (χ0) is 27.6. The summed E-state index contributed by atoms with van der Waals surface area (Å²) in [6, 6.07) is 34.7. The first-order chi connectivity index (χ1) is 20.7. The molecule has 0 spiro atoms. The lowest BCUT2D eigenvalue weighted by atomic mass is 10.1. The molecule has 0 saturated carbocycles. The Morgan fingerprint density at radius 2 is 0.643 bits per heavy atom. The standard InChI is InChI=1S/C34H18N4O4/c1-3-7-27-23(5-1)35-31(39-27)19-9-13-21(14-10-19)33-37-25-17-26-30(18-29(25)41-33)42-34(38-26)22-15-11-20(12-16-22)32-36-24-6-2-4-8-28(24)40-32/h1-18H. The van der Waals surface area contributed by atoms with Gasteiger partial charge in [-0.2, -0.15) is 0 Å². The van der Waals surface area contributed by atoms with Crippen molar-refractivity contribution in [3.8, 4) is 45.8 Å². The molecule has 9 aromatic rings. The fraction of sp³-hybridized carbons (Fsp3) is 0. The molecule has 42 heavy (non-hydrogen) atoms. The van der Waals surface area contributed by atoms with E-state index in [1.165, 1.54) is 0 Å². The summed E-state index contributed by atoms with van der Waals surface area (Å²) in [6.45, 7) is 0. The van der Waals surface area contributed by atoms with Crippen molar-refractivity contribution in [1.29, 1.82) is 0 Å². The molecule has 5 aromatic carbocycles. The zero-order valence-electron chi connectivity index (χ0n) is 21.8. The molecule has 0 radical (unpaired) electrons. The largest absolute Gasteiger partial charge is 0.436 e. The van der Waals surface area contributed by atoms with Crippen molar-refractivity contribution in [1.82, 2.24) is 19.9 Å². The molecule has 0 saturated heterocycles. The van der Waals surface area contributed by atoms with Crippen molar-refractivity contribution in [3.05, 3.63) is 109 Å². The van der Waals surface area contributed by atoms with Gasteiger partial charge in [0, 0.05) is 28.3 Å². The molecule has 8 heteroatoms. The van der Waals surface area contributed by atoms with Gasteiger partial charge in [0.15, 0.2) is 22.3 Å². The molecule has 8 nitrogen and oxygen atoms in total. The van der Waals surface area contributed by atoms with Gasteiger partial charge in [0.2, 0.25) is 23.6 Å². The topological polar surface area (TPSA) is 104 Å². The van der Waals surface area contributed by atoms with Crippen molar-refractivity contribution in [2.45, 2.75) is 0 Å². The second-order valence-corrected chi connectivity index (χ2v) is 9.95. The summed E-state index contributed by atoms with van der Waals surface area (Å²) in [7, 11) is 0. The minimum Gasteiger partial charge on any atom is -0.436 e. The predicted octanol–water partition coefficient (Wildman–Crippen LogP) is 8.92. The SMILES string of the molecule is c1ccc2oc(-c3ccc(-c4nc5cc6nc(-c7ccc(-c8nc9ccccc9o8)cc7)oc6cc5o4)cc3)nc2c1. The van der Waals surface area contributed by atoms with Gasteiger partial charge in [-0.25, -0.2) is 19.9 Å². The maximum Gasteiger partial charge on any atom is 0.227 e. The highest BCUT2D eigenvalue weighted by Gasteiger charge is 2.16. The second kappa shape index (κ2) is 8.74. The smallest absolute Gasteiger partial charge is 0.227 e. The van der Waals surface area contributed by atoms with Crippen molar-refractivity contribution in [2.24, 2.45) is 0 Å². The first kappa shape index (κ1) is 22.8. The molecule has 4 heterocycles. The molecule has 9 rings (SSSR count). The lowest BCUT2D eigenvalue weighted by molar-refractivity contribution is 0.608. The van der Waals surface area contributed by atoms with E-state index in [-0.39, 0.29) is 0 Å². The number of fused-ring (bicyclic) bond motifs is 4. The van der Waals surface area contributed by atoms with Gasteiger partial charge >= 0.3 is 0 Å². The second-order valence-electron chi connectivity index (χ2n) is 9.95. The highest BCUT2D eigenvalue weighted by Crippen LogP contribution is 2.33. The van der Waals surface area contributed by atoms with Crippen molar-refractivity contribution < 1.29 is 17.7 Å². The molecule has 198 valence electrons. The molecule has 4 aromatic heterocycles. The van der Waals surface area contributed by atoms with E-state index in [2.05, 4.69) is 9.97 Å². The van der Waals surface area contributed by atoms with E-state index in [1.54, 1.807) is 0 Å². The highest BCUT2D eigenvalue weighted by molar-refractivity contribution is 5.91. The third-order valence-electron chi connectivity index (χ3n) is 7.24. The number of rotatable bonds is 4. The van der Waals surface area contributed by atoms with Gasteiger partial charge in [0.05, 0.1) is 0 Å². The summed E-state index contributed by atoms with van der Waals surface area (Å²) in [6.07, 6.45) is 0. The first-order valence-electron chi connectivity index (χ1n) is 13.4. The highest BCUT2D eigenvalue weighted by atomic mass is 16.4. The van der Waals surface area contributed by atoms with Crippen LogP contribution in [0.15, 0.2) is 127 Å². The molecule has 0 aliphatic heterocycles. The normalized spacial score (nSPS) is 11.8. The molecule has 0 aliphatic carbocycles. The Morgan fingerprint density at radius 1 is 0.310 bits per heavy atom. The van der Waals surface area contributed by atoms with Gasteiger partial charge in [-0.3, -0.25) is 0 Å². The lowest BCUT2D eigenvalue weighted by Crippen LogP contribution is -1.80. The minimum atomic E-state index is 0.511. The third kappa shape index (κ3) is 3.70. The van der Waals surface area contributed by atoms with Crippen LogP contribution < -0.4 is 0 Å². The lowest BCUT2D eigenvalue weighted by Gasteiger charge is -1.98. The Kier molecular flexibility index (Phi) is 4.74. The van der Waals surface area contributed by atoms with Crippen molar-refractivity contribution in [3.63, 3.8) is 0 Å². The Bertz CT molecular complexity index is 2130. The molecule has 0 bridgehead atoms. The predicted molar refractivity (Wildman–Crippen MR) is 158 cm³/mol. The van der Waals surface area contributed by atoms with Crippen LogP contribution >= 0.6 is 0 Å². The number of nitrogens with zero attached hydrogens (tertiary/aromatic N) is 4. The molecule has 0 unspecified atom stereocenters. The quantitative estimate of drug-likeness (QED) is 0.215. The molecular formula is C34H18N4O4.